The smallest absolute Gasteiger partial charge is 0.0540 e. The van der Waals surface area contributed by atoms with Crippen molar-refractivity contribution in [1.29, 1.82) is 0 Å². The predicted molar refractivity (Wildman–Crippen MR) is 167 cm³/mol. The van der Waals surface area contributed by atoms with Crippen LogP contribution in [0.2, 0.25) is 0 Å². The average Bonchev–Trinajstić information content (AvgIpc) is 3.03. The number of fused-ring (bicyclic) bond motifs is 3. The molecule has 1 nitrogen and oxygen atoms in total. The third kappa shape index (κ3) is 4.35. The Morgan fingerprint density at radius 1 is 0.282 bits per heavy atom. The van der Waals surface area contributed by atoms with Gasteiger partial charge in [-0.15, -0.1) is 0 Å². The molecule has 0 heterocycles. The van der Waals surface area contributed by atoms with E-state index in [0.717, 1.165) is 17.1 Å². The van der Waals surface area contributed by atoms with Gasteiger partial charge in [-0.25, -0.2) is 0 Å². The first kappa shape index (κ1) is 23.0. The van der Waals surface area contributed by atoms with Crippen molar-refractivity contribution in [1.82, 2.24) is 0 Å². The van der Waals surface area contributed by atoms with Gasteiger partial charge in [0.2, 0.25) is 0 Å². The quantitative estimate of drug-likeness (QED) is 0.214. The fourth-order valence-electron chi connectivity index (χ4n) is 5.51. The summed E-state index contributed by atoms with van der Waals surface area (Å²) in [5.74, 6) is 0. The maximum absolute atomic E-state index is 2.38. The molecule has 0 radical (unpaired) electrons. The summed E-state index contributed by atoms with van der Waals surface area (Å²) in [6.07, 6.45) is 0. The molecule has 7 aromatic carbocycles. The molecule has 0 unspecified atom stereocenters. The molecule has 0 saturated carbocycles. The molecule has 39 heavy (non-hydrogen) atoms. The molecule has 0 amide bonds. The van der Waals surface area contributed by atoms with Gasteiger partial charge in [0.05, 0.1) is 5.69 Å². The zero-order valence-corrected chi connectivity index (χ0v) is 21.5. The van der Waals surface area contributed by atoms with Crippen LogP contribution >= 0.6 is 0 Å². The van der Waals surface area contributed by atoms with E-state index in [-0.39, 0.29) is 0 Å². The van der Waals surface area contributed by atoms with E-state index in [4.69, 9.17) is 0 Å². The molecule has 0 aromatic heterocycles. The summed E-state index contributed by atoms with van der Waals surface area (Å²) in [6.45, 7) is 0. The van der Waals surface area contributed by atoms with Crippen molar-refractivity contribution >= 4 is 38.6 Å². The largest absolute Gasteiger partial charge is 0.310 e. The van der Waals surface area contributed by atoms with Crippen molar-refractivity contribution < 1.29 is 0 Å². The van der Waals surface area contributed by atoms with Gasteiger partial charge in [-0.1, -0.05) is 133 Å². The van der Waals surface area contributed by atoms with Gasteiger partial charge in [-0.2, -0.15) is 0 Å². The summed E-state index contributed by atoms with van der Waals surface area (Å²) >= 11 is 0. The van der Waals surface area contributed by atoms with Crippen LogP contribution in [0, 0.1) is 0 Å². The molecule has 0 aliphatic carbocycles. The number of hydrogen-bond donors (Lipinski definition) is 0. The molecular weight excluding hydrogens is 470 g/mol. The van der Waals surface area contributed by atoms with Crippen LogP contribution in [0.4, 0.5) is 17.1 Å². The fraction of sp³-hybridized carbons (Fsp3) is 0. The second kappa shape index (κ2) is 9.96. The van der Waals surface area contributed by atoms with E-state index in [1.165, 1.54) is 43.8 Å². The Bertz CT molecular complexity index is 1790. The van der Waals surface area contributed by atoms with Crippen LogP contribution in [-0.2, 0) is 0 Å². The molecule has 0 spiro atoms. The molecule has 0 bridgehead atoms. The van der Waals surface area contributed by atoms with Gasteiger partial charge < -0.3 is 4.90 Å². The molecule has 1 heteroatoms. The van der Waals surface area contributed by atoms with E-state index in [9.17, 15) is 0 Å². The minimum Gasteiger partial charge on any atom is -0.310 e. The zero-order valence-electron chi connectivity index (χ0n) is 21.5. The Balaban J connectivity index is 1.39. The van der Waals surface area contributed by atoms with Crippen LogP contribution in [0.1, 0.15) is 0 Å². The van der Waals surface area contributed by atoms with Gasteiger partial charge >= 0.3 is 0 Å². The van der Waals surface area contributed by atoms with Crippen LogP contribution in [0.5, 0.6) is 0 Å². The highest BCUT2D eigenvalue weighted by Crippen LogP contribution is 2.41. The van der Waals surface area contributed by atoms with Gasteiger partial charge in [-0.05, 0) is 68.7 Å². The summed E-state index contributed by atoms with van der Waals surface area (Å²) in [6, 6.07) is 58.6. The highest BCUT2D eigenvalue weighted by atomic mass is 15.1. The molecule has 0 fully saturated rings. The first-order chi connectivity index (χ1) is 19.3. The minimum atomic E-state index is 1.13. The van der Waals surface area contributed by atoms with Crippen molar-refractivity contribution in [2.45, 2.75) is 0 Å². The molecule has 7 aromatic rings. The highest BCUT2D eigenvalue weighted by Gasteiger charge is 2.16. The number of hydrogen-bond acceptors (Lipinski definition) is 1. The van der Waals surface area contributed by atoms with Crippen LogP contribution in [0.25, 0.3) is 43.8 Å². The van der Waals surface area contributed by atoms with Crippen molar-refractivity contribution in [2.24, 2.45) is 0 Å². The summed E-state index contributed by atoms with van der Waals surface area (Å²) in [5, 5.41) is 5.02. The van der Waals surface area contributed by atoms with Crippen LogP contribution in [0.15, 0.2) is 164 Å². The Labute approximate surface area is 229 Å². The van der Waals surface area contributed by atoms with E-state index < -0.39 is 0 Å². The Morgan fingerprint density at radius 2 is 0.769 bits per heavy atom. The topological polar surface area (TPSA) is 3.24 Å². The van der Waals surface area contributed by atoms with Gasteiger partial charge in [-0.3, -0.25) is 0 Å². The van der Waals surface area contributed by atoms with Crippen molar-refractivity contribution in [3.8, 4) is 22.3 Å². The lowest BCUT2D eigenvalue weighted by Crippen LogP contribution is -2.10. The summed E-state index contributed by atoms with van der Waals surface area (Å²) < 4.78 is 0. The molecule has 0 aliphatic heterocycles. The van der Waals surface area contributed by atoms with Crippen LogP contribution in [-0.4, -0.2) is 0 Å². The molecular formula is C38H27N. The van der Waals surface area contributed by atoms with E-state index in [2.05, 4.69) is 169 Å². The lowest BCUT2D eigenvalue weighted by molar-refractivity contribution is 1.30. The molecule has 0 aliphatic rings. The second-order valence-corrected chi connectivity index (χ2v) is 9.82. The summed E-state index contributed by atoms with van der Waals surface area (Å²) in [5.41, 5.74) is 8.29. The first-order valence-electron chi connectivity index (χ1n) is 13.4. The first-order valence-corrected chi connectivity index (χ1v) is 13.4. The maximum atomic E-state index is 2.38. The molecule has 7 rings (SSSR count). The van der Waals surface area contributed by atoms with Crippen LogP contribution in [0.3, 0.4) is 0 Å². The van der Waals surface area contributed by atoms with E-state index in [1.54, 1.807) is 0 Å². The van der Waals surface area contributed by atoms with Gasteiger partial charge in [0.15, 0.2) is 0 Å². The second-order valence-electron chi connectivity index (χ2n) is 9.82. The monoisotopic (exact) mass is 497 g/mol. The standard InChI is InChI=1S/C38H27N/c1-3-10-28(11-4-1)30-18-23-33(24-19-30)39(34-25-20-31(21-26-34)29-12-5-2-6-13-29)38-17-9-16-36-35-15-8-7-14-32(35)22-27-37(36)38/h1-27H. The Morgan fingerprint density at radius 3 is 1.36 bits per heavy atom. The molecule has 0 N–H and O–H groups in total. The van der Waals surface area contributed by atoms with Crippen molar-refractivity contribution in [2.75, 3.05) is 4.90 Å². The minimum absolute atomic E-state index is 1.13. The predicted octanol–water partition coefficient (Wildman–Crippen LogP) is 10.8. The third-order valence-electron chi connectivity index (χ3n) is 7.47. The lowest BCUT2D eigenvalue weighted by atomic mass is 9.99. The number of rotatable bonds is 5. The summed E-state index contributed by atoms with van der Waals surface area (Å²) in [7, 11) is 0. The molecule has 0 saturated heterocycles. The summed E-state index contributed by atoms with van der Waals surface area (Å²) in [4.78, 5) is 2.38. The SMILES string of the molecule is c1ccc(-c2ccc(N(c3ccc(-c4ccccc4)cc3)c3cccc4c3ccc3ccccc34)cc2)cc1. The third-order valence-corrected chi connectivity index (χ3v) is 7.47. The highest BCUT2D eigenvalue weighted by molar-refractivity contribution is 6.12. The van der Waals surface area contributed by atoms with E-state index in [1.807, 2.05) is 0 Å². The van der Waals surface area contributed by atoms with Gasteiger partial charge in [0, 0.05) is 16.8 Å². The van der Waals surface area contributed by atoms with E-state index in [0.29, 0.717) is 0 Å². The van der Waals surface area contributed by atoms with Crippen molar-refractivity contribution in [3.05, 3.63) is 164 Å². The van der Waals surface area contributed by atoms with Crippen molar-refractivity contribution in [3.63, 3.8) is 0 Å². The molecule has 184 valence electrons. The van der Waals surface area contributed by atoms with Gasteiger partial charge in [0.1, 0.15) is 0 Å². The maximum Gasteiger partial charge on any atom is 0.0540 e. The zero-order chi connectivity index (χ0) is 26.0. The number of anilines is 3. The van der Waals surface area contributed by atoms with Crippen LogP contribution < -0.4 is 4.90 Å². The molecule has 0 atom stereocenters. The number of benzene rings is 7. The fourth-order valence-corrected chi connectivity index (χ4v) is 5.51. The average molecular weight is 498 g/mol. The lowest BCUT2D eigenvalue weighted by Gasteiger charge is -2.27. The Kier molecular flexibility index (Phi) is 5.88. The number of nitrogens with zero attached hydrogens (tertiary/aromatic N) is 1. The Hall–Kier alpha value is -5.14. The normalized spacial score (nSPS) is 11.1. The van der Waals surface area contributed by atoms with Gasteiger partial charge in [0.25, 0.3) is 0 Å². The van der Waals surface area contributed by atoms with E-state index >= 15 is 0 Å².